The van der Waals surface area contributed by atoms with Crippen molar-refractivity contribution in [3.8, 4) is 0 Å². The Labute approximate surface area is 186 Å². The molecule has 2 aromatic carbocycles. The number of rotatable bonds is 10. The van der Waals surface area contributed by atoms with E-state index in [-0.39, 0.29) is 18.5 Å². The minimum absolute atomic E-state index is 0.0193. The van der Waals surface area contributed by atoms with E-state index >= 15 is 0 Å². The van der Waals surface area contributed by atoms with Gasteiger partial charge in [-0.05, 0) is 62.7 Å². The molecule has 0 aliphatic rings. The lowest BCUT2D eigenvalue weighted by atomic mass is 10.1. The summed E-state index contributed by atoms with van der Waals surface area (Å²) in [4.78, 5) is 6.40. The van der Waals surface area contributed by atoms with E-state index in [9.17, 15) is 9.50 Å². The standard InChI is InChI=1S/C23H26Cl2FN3O/c1-16(28-22-9-10-27-23-14-17(24)7-8-18(22)23)4-3-11-29(12-13-30)15-19-20(25)5-2-6-21(19)26/h2,5-10,14,16,30H,3-4,11-13,15H2,1H3,(H,27,28). The summed E-state index contributed by atoms with van der Waals surface area (Å²) in [5.41, 5.74) is 2.35. The summed E-state index contributed by atoms with van der Waals surface area (Å²) in [6.45, 7) is 3.74. The van der Waals surface area contributed by atoms with E-state index in [4.69, 9.17) is 23.2 Å². The number of nitrogens with one attached hydrogen (secondary N) is 1. The molecule has 0 radical (unpaired) electrons. The van der Waals surface area contributed by atoms with Crippen molar-refractivity contribution in [2.24, 2.45) is 0 Å². The van der Waals surface area contributed by atoms with Crippen LogP contribution >= 0.6 is 23.2 Å². The molecular formula is C23H26Cl2FN3O. The van der Waals surface area contributed by atoms with Crippen molar-refractivity contribution in [1.29, 1.82) is 0 Å². The van der Waals surface area contributed by atoms with E-state index in [2.05, 4.69) is 17.2 Å². The van der Waals surface area contributed by atoms with Crippen molar-refractivity contribution in [3.63, 3.8) is 0 Å². The molecule has 0 aliphatic carbocycles. The molecule has 0 spiro atoms. The first-order valence-corrected chi connectivity index (χ1v) is 10.8. The lowest BCUT2D eigenvalue weighted by molar-refractivity contribution is 0.186. The van der Waals surface area contributed by atoms with E-state index in [0.29, 0.717) is 28.7 Å². The molecule has 160 valence electrons. The van der Waals surface area contributed by atoms with E-state index in [1.54, 1.807) is 18.3 Å². The normalized spacial score (nSPS) is 12.5. The molecule has 0 saturated heterocycles. The van der Waals surface area contributed by atoms with Gasteiger partial charge >= 0.3 is 0 Å². The first-order chi connectivity index (χ1) is 14.5. The van der Waals surface area contributed by atoms with Crippen LogP contribution in [0.15, 0.2) is 48.7 Å². The molecule has 0 bridgehead atoms. The number of pyridine rings is 1. The van der Waals surface area contributed by atoms with Gasteiger partial charge in [0, 0.05) is 52.0 Å². The van der Waals surface area contributed by atoms with Gasteiger partial charge in [-0.15, -0.1) is 0 Å². The van der Waals surface area contributed by atoms with E-state index < -0.39 is 0 Å². The fourth-order valence-electron chi connectivity index (χ4n) is 3.52. The smallest absolute Gasteiger partial charge is 0.129 e. The van der Waals surface area contributed by atoms with Crippen molar-refractivity contribution in [3.05, 3.63) is 70.1 Å². The van der Waals surface area contributed by atoms with Crippen LogP contribution in [0.2, 0.25) is 10.0 Å². The molecule has 2 N–H and O–H groups in total. The minimum Gasteiger partial charge on any atom is -0.395 e. The predicted molar refractivity (Wildman–Crippen MR) is 123 cm³/mol. The highest BCUT2D eigenvalue weighted by Crippen LogP contribution is 2.25. The Hall–Kier alpha value is -1.92. The predicted octanol–water partition coefficient (Wildman–Crippen LogP) is 5.76. The molecule has 30 heavy (non-hydrogen) atoms. The van der Waals surface area contributed by atoms with Crippen molar-refractivity contribution < 1.29 is 9.50 Å². The van der Waals surface area contributed by atoms with Gasteiger partial charge in [-0.25, -0.2) is 4.39 Å². The van der Waals surface area contributed by atoms with Gasteiger partial charge in [0.05, 0.1) is 12.1 Å². The van der Waals surface area contributed by atoms with Crippen molar-refractivity contribution in [1.82, 2.24) is 9.88 Å². The maximum Gasteiger partial charge on any atom is 0.129 e. The van der Waals surface area contributed by atoms with Crippen molar-refractivity contribution in [2.45, 2.75) is 32.4 Å². The van der Waals surface area contributed by atoms with Crippen molar-refractivity contribution >= 4 is 39.8 Å². The van der Waals surface area contributed by atoms with Crippen LogP contribution < -0.4 is 5.32 Å². The number of anilines is 1. The molecule has 0 amide bonds. The summed E-state index contributed by atoms with van der Waals surface area (Å²) < 4.78 is 14.1. The Morgan fingerprint density at radius 3 is 2.77 bits per heavy atom. The van der Waals surface area contributed by atoms with Crippen molar-refractivity contribution in [2.75, 3.05) is 25.0 Å². The second kappa shape index (κ2) is 10.9. The highest BCUT2D eigenvalue weighted by molar-refractivity contribution is 6.31. The molecule has 7 heteroatoms. The Balaban J connectivity index is 1.56. The monoisotopic (exact) mass is 449 g/mol. The third kappa shape index (κ3) is 6.05. The summed E-state index contributed by atoms with van der Waals surface area (Å²) in [6, 6.07) is 12.6. The van der Waals surface area contributed by atoms with Gasteiger partial charge < -0.3 is 10.4 Å². The van der Waals surface area contributed by atoms with Crippen LogP contribution in [-0.4, -0.2) is 40.7 Å². The molecule has 1 heterocycles. The maximum atomic E-state index is 14.1. The molecule has 3 rings (SSSR count). The number of hydrogen-bond donors (Lipinski definition) is 2. The van der Waals surface area contributed by atoms with Gasteiger partial charge in [-0.2, -0.15) is 0 Å². The summed E-state index contributed by atoms with van der Waals surface area (Å²) in [5.74, 6) is -0.315. The number of aromatic nitrogens is 1. The fraction of sp³-hybridized carbons (Fsp3) is 0.348. The first kappa shape index (κ1) is 22.8. The van der Waals surface area contributed by atoms with Gasteiger partial charge in [0.25, 0.3) is 0 Å². The van der Waals surface area contributed by atoms with Crippen LogP contribution in [-0.2, 0) is 6.54 Å². The molecule has 0 saturated carbocycles. The van der Waals surface area contributed by atoms with E-state index in [0.717, 1.165) is 36.0 Å². The SMILES string of the molecule is CC(CCCN(CCO)Cc1c(F)cccc1Cl)Nc1ccnc2cc(Cl)ccc12. The quantitative estimate of drug-likeness (QED) is 0.413. The summed E-state index contributed by atoms with van der Waals surface area (Å²) in [6.07, 6.45) is 3.59. The fourth-order valence-corrected chi connectivity index (χ4v) is 3.91. The first-order valence-electron chi connectivity index (χ1n) is 10.0. The zero-order valence-electron chi connectivity index (χ0n) is 16.9. The van der Waals surface area contributed by atoms with Gasteiger partial charge in [0.15, 0.2) is 0 Å². The Bertz CT molecular complexity index is 966. The Kier molecular flexibility index (Phi) is 8.28. The summed E-state index contributed by atoms with van der Waals surface area (Å²) >= 11 is 12.2. The van der Waals surface area contributed by atoms with Gasteiger partial charge in [-0.3, -0.25) is 9.88 Å². The van der Waals surface area contributed by atoms with Crippen LogP contribution in [0.5, 0.6) is 0 Å². The number of fused-ring (bicyclic) bond motifs is 1. The lowest BCUT2D eigenvalue weighted by Crippen LogP contribution is -2.29. The number of aliphatic hydroxyl groups is 1. The summed E-state index contributed by atoms with van der Waals surface area (Å²) in [5, 5.41) is 15.0. The number of nitrogens with zero attached hydrogens (tertiary/aromatic N) is 2. The number of hydrogen-bond acceptors (Lipinski definition) is 4. The van der Waals surface area contributed by atoms with Gasteiger partial charge in [-0.1, -0.05) is 29.3 Å². The number of halogens is 3. The zero-order valence-corrected chi connectivity index (χ0v) is 18.4. The molecular weight excluding hydrogens is 424 g/mol. The zero-order chi connectivity index (χ0) is 21.5. The van der Waals surface area contributed by atoms with Gasteiger partial charge in [0.2, 0.25) is 0 Å². The van der Waals surface area contributed by atoms with Crippen LogP contribution in [0.3, 0.4) is 0 Å². The molecule has 1 unspecified atom stereocenters. The third-order valence-electron chi connectivity index (χ3n) is 5.08. The molecule has 1 aromatic heterocycles. The molecule has 0 aliphatic heterocycles. The highest BCUT2D eigenvalue weighted by atomic mass is 35.5. The lowest BCUT2D eigenvalue weighted by Gasteiger charge is -2.23. The number of benzene rings is 2. The van der Waals surface area contributed by atoms with E-state index in [1.165, 1.54) is 6.07 Å². The van der Waals surface area contributed by atoms with Crippen LogP contribution in [0.4, 0.5) is 10.1 Å². The Morgan fingerprint density at radius 2 is 2.00 bits per heavy atom. The van der Waals surface area contributed by atoms with Crippen LogP contribution in [0.1, 0.15) is 25.3 Å². The largest absolute Gasteiger partial charge is 0.395 e. The maximum absolute atomic E-state index is 14.1. The minimum atomic E-state index is -0.315. The second-order valence-corrected chi connectivity index (χ2v) is 8.25. The molecule has 3 aromatic rings. The topological polar surface area (TPSA) is 48.4 Å². The van der Waals surface area contributed by atoms with Crippen LogP contribution in [0, 0.1) is 5.82 Å². The number of aliphatic hydroxyl groups excluding tert-OH is 1. The average molecular weight is 450 g/mol. The van der Waals surface area contributed by atoms with Gasteiger partial charge in [0.1, 0.15) is 5.82 Å². The van der Waals surface area contributed by atoms with Crippen LogP contribution in [0.25, 0.3) is 10.9 Å². The van der Waals surface area contributed by atoms with E-state index in [1.807, 2.05) is 29.2 Å². The highest BCUT2D eigenvalue weighted by Gasteiger charge is 2.13. The molecule has 1 atom stereocenters. The third-order valence-corrected chi connectivity index (χ3v) is 5.67. The Morgan fingerprint density at radius 1 is 1.17 bits per heavy atom. The second-order valence-electron chi connectivity index (χ2n) is 7.41. The summed E-state index contributed by atoms with van der Waals surface area (Å²) in [7, 11) is 0. The molecule has 0 fully saturated rings. The molecule has 4 nitrogen and oxygen atoms in total. The average Bonchev–Trinajstić information content (AvgIpc) is 2.70.